The summed E-state index contributed by atoms with van der Waals surface area (Å²) in [5.41, 5.74) is 0. The van der Waals surface area contributed by atoms with E-state index in [2.05, 4.69) is 15.9 Å². The first-order valence-corrected chi connectivity index (χ1v) is 18.4. The van der Waals surface area contributed by atoms with Crippen molar-refractivity contribution in [2.24, 2.45) is 0 Å². The van der Waals surface area contributed by atoms with Gasteiger partial charge in [0.15, 0.2) is 0 Å². The summed E-state index contributed by atoms with van der Waals surface area (Å²) in [6.07, 6.45) is 30.0. The highest BCUT2D eigenvalue weighted by Crippen LogP contribution is 2.23. The van der Waals surface area contributed by atoms with E-state index in [9.17, 15) is 0 Å². The highest BCUT2D eigenvalue weighted by atomic mass is 79.9. The molecule has 0 aliphatic rings. The van der Waals surface area contributed by atoms with E-state index in [1.165, 1.54) is 140 Å². The molecule has 0 aliphatic carbocycles. The molecule has 0 saturated carbocycles. The number of unbranched alkanes of at least 4 members (excludes halogenated alkanes) is 20. The van der Waals surface area contributed by atoms with Crippen molar-refractivity contribution in [2.75, 3.05) is 5.33 Å². The fourth-order valence-corrected chi connectivity index (χ4v) is 5.96. The Morgan fingerprint density at radius 1 is 0.429 bits per heavy atom. The molecule has 0 aromatic carbocycles. The maximum atomic E-state index is 6.13. The van der Waals surface area contributed by atoms with Gasteiger partial charge in [-0.3, -0.25) is 0 Å². The third kappa shape index (κ3) is 27.3. The molecule has 0 rings (SSSR count). The zero-order chi connectivity index (χ0) is 20.8. The SMILES string of the molecule is C[Si](Cl)(Cl)CCCCCCCCCCCCCCCCCCCCCCCBr. The van der Waals surface area contributed by atoms with Gasteiger partial charge in [-0.1, -0.05) is 144 Å². The molecule has 0 bridgehead atoms. The summed E-state index contributed by atoms with van der Waals surface area (Å²) in [6, 6.07) is 1.06. The first-order valence-electron chi connectivity index (χ1n) is 12.5. The number of alkyl halides is 1. The normalized spacial score (nSPS) is 12.0. The van der Waals surface area contributed by atoms with Crippen molar-refractivity contribution in [3.05, 3.63) is 0 Å². The Labute approximate surface area is 196 Å². The minimum Gasteiger partial charge on any atom is -0.146 e. The van der Waals surface area contributed by atoms with Crippen molar-refractivity contribution < 1.29 is 0 Å². The molecule has 0 amide bonds. The summed E-state index contributed by atoms with van der Waals surface area (Å²) < 4.78 is 0. The van der Waals surface area contributed by atoms with Crippen molar-refractivity contribution in [3.8, 4) is 0 Å². The molecule has 0 aliphatic heterocycles. The van der Waals surface area contributed by atoms with Crippen LogP contribution in [0.4, 0.5) is 0 Å². The molecule has 0 radical (unpaired) electrons. The lowest BCUT2D eigenvalue weighted by Crippen LogP contribution is -2.11. The summed E-state index contributed by atoms with van der Waals surface area (Å²) in [4.78, 5) is 0. The molecule has 28 heavy (non-hydrogen) atoms. The van der Waals surface area contributed by atoms with Crippen LogP contribution >= 0.6 is 38.1 Å². The summed E-state index contributed by atoms with van der Waals surface area (Å²) in [5.74, 6) is 0. The Morgan fingerprint density at radius 3 is 0.857 bits per heavy atom. The van der Waals surface area contributed by atoms with Gasteiger partial charge in [0.1, 0.15) is 0 Å². The lowest BCUT2D eigenvalue weighted by Gasteiger charge is -2.09. The summed E-state index contributed by atoms with van der Waals surface area (Å²) in [6.45, 7) is 0.204. The fraction of sp³-hybridized carbons (Fsp3) is 1.00. The van der Waals surface area contributed by atoms with Crippen molar-refractivity contribution in [2.45, 2.75) is 147 Å². The van der Waals surface area contributed by atoms with E-state index in [4.69, 9.17) is 22.2 Å². The van der Waals surface area contributed by atoms with Crippen LogP contribution in [0.2, 0.25) is 12.6 Å². The average Bonchev–Trinajstić information content (AvgIpc) is 2.65. The minimum atomic E-state index is -1.83. The molecule has 0 saturated heterocycles. The van der Waals surface area contributed by atoms with Crippen LogP contribution in [0.15, 0.2) is 0 Å². The van der Waals surface area contributed by atoms with Gasteiger partial charge in [0, 0.05) is 5.33 Å². The molecule has 0 aromatic heterocycles. The van der Waals surface area contributed by atoms with Gasteiger partial charge in [0.25, 0.3) is 0 Å². The van der Waals surface area contributed by atoms with Crippen molar-refractivity contribution in [1.29, 1.82) is 0 Å². The Morgan fingerprint density at radius 2 is 0.643 bits per heavy atom. The summed E-state index contributed by atoms with van der Waals surface area (Å²) >= 11 is 15.8. The van der Waals surface area contributed by atoms with E-state index in [1.54, 1.807) is 0 Å². The van der Waals surface area contributed by atoms with Crippen molar-refractivity contribution in [3.63, 3.8) is 0 Å². The maximum Gasteiger partial charge on any atom is 0.248 e. The van der Waals surface area contributed by atoms with Crippen LogP contribution in [0.3, 0.4) is 0 Å². The standard InChI is InChI=1S/C24H49BrCl2Si/c1-28(26,27)24-22-20-18-16-14-12-10-8-6-4-2-3-5-7-9-11-13-15-17-19-21-23-25/h2-24H2,1H3. The highest BCUT2D eigenvalue weighted by molar-refractivity contribution is 9.09. The van der Waals surface area contributed by atoms with Crippen molar-refractivity contribution in [1.82, 2.24) is 0 Å². The molecule has 0 atom stereocenters. The Kier molecular flexibility index (Phi) is 24.0. The summed E-state index contributed by atoms with van der Waals surface area (Å²) in [7, 11) is 0. The first-order chi connectivity index (χ1) is 13.6. The molecular formula is C24H49BrCl2Si. The molecule has 0 heterocycles. The molecule has 0 aromatic rings. The van der Waals surface area contributed by atoms with Crippen LogP contribution in [-0.4, -0.2) is 12.0 Å². The van der Waals surface area contributed by atoms with Crippen LogP contribution in [0.1, 0.15) is 135 Å². The molecule has 0 nitrogen and oxygen atoms in total. The van der Waals surface area contributed by atoms with Crippen LogP contribution in [0, 0.1) is 0 Å². The second-order valence-corrected chi connectivity index (χ2v) is 18.0. The van der Waals surface area contributed by atoms with Crippen LogP contribution in [-0.2, 0) is 0 Å². The van der Waals surface area contributed by atoms with Crippen molar-refractivity contribution >= 4 is 44.8 Å². The van der Waals surface area contributed by atoms with Gasteiger partial charge in [-0.2, -0.15) is 0 Å². The zero-order valence-corrected chi connectivity index (χ0v) is 23.0. The van der Waals surface area contributed by atoms with E-state index in [-0.39, 0.29) is 0 Å². The smallest absolute Gasteiger partial charge is 0.146 e. The van der Waals surface area contributed by atoms with E-state index in [1.807, 2.05) is 6.55 Å². The third-order valence-electron chi connectivity index (χ3n) is 5.75. The number of hydrogen-bond donors (Lipinski definition) is 0. The molecule has 170 valence electrons. The van der Waals surface area contributed by atoms with E-state index < -0.39 is 6.69 Å². The average molecular weight is 517 g/mol. The number of halogens is 3. The quantitative estimate of drug-likeness (QED) is 0.0548. The van der Waals surface area contributed by atoms with E-state index in [0.29, 0.717) is 0 Å². The van der Waals surface area contributed by atoms with Gasteiger partial charge in [0.2, 0.25) is 6.69 Å². The Bertz CT molecular complexity index is 295. The molecule has 0 spiro atoms. The lowest BCUT2D eigenvalue weighted by molar-refractivity contribution is 0.521. The maximum absolute atomic E-state index is 6.13. The molecule has 0 unspecified atom stereocenters. The minimum absolute atomic E-state index is 1.06. The first kappa shape index (κ1) is 29.3. The number of rotatable bonds is 23. The highest BCUT2D eigenvalue weighted by Gasteiger charge is 2.19. The van der Waals surface area contributed by atoms with Gasteiger partial charge in [-0.05, 0) is 19.0 Å². The lowest BCUT2D eigenvalue weighted by atomic mass is 10.0. The second kappa shape index (κ2) is 23.0. The summed E-state index contributed by atoms with van der Waals surface area (Å²) in [5, 5.41) is 1.18. The topological polar surface area (TPSA) is 0 Å². The van der Waals surface area contributed by atoms with Gasteiger partial charge >= 0.3 is 0 Å². The van der Waals surface area contributed by atoms with Gasteiger partial charge < -0.3 is 0 Å². The molecule has 4 heteroatoms. The van der Waals surface area contributed by atoms with Gasteiger partial charge in [-0.25, -0.2) is 0 Å². The third-order valence-corrected chi connectivity index (χ3v) is 8.68. The molecule has 0 N–H and O–H groups in total. The molecule has 0 fully saturated rings. The number of hydrogen-bond acceptors (Lipinski definition) is 0. The van der Waals surface area contributed by atoms with E-state index >= 15 is 0 Å². The monoisotopic (exact) mass is 514 g/mol. The van der Waals surface area contributed by atoms with Gasteiger partial charge in [0.05, 0.1) is 0 Å². The predicted octanol–water partition coefficient (Wildman–Crippen LogP) is 11.1. The largest absolute Gasteiger partial charge is 0.248 e. The van der Waals surface area contributed by atoms with Crippen LogP contribution in [0.5, 0.6) is 0 Å². The van der Waals surface area contributed by atoms with Crippen LogP contribution < -0.4 is 0 Å². The van der Waals surface area contributed by atoms with E-state index in [0.717, 1.165) is 6.04 Å². The van der Waals surface area contributed by atoms with Crippen LogP contribution in [0.25, 0.3) is 0 Å². The Hall–Kier alpha value is 1.28. The predicted molar refractivity (Wildman–Crippen MR) is 139 cm³/mol. The Balaban J connectivity index is 3.01. The molecular weight excluding hydrogens is 467 g/mol. The van der Waals surface area contributed by atoms with Gasteiger partial charge in [-0.15, -0.1) is 22.2 Å². The second-order valence-electron chi connectivity index (χ2n) is 8.93. The zero-order valence-electron chi connectivity index (χ0n) is 18.9. The fourth-order valence-electron chi connectivity index (χ4n) is 3.89.